The Morgan fingerprint density at radius 1 is 1.19 bits per heavy atom. The van der Waals surface area contributed by atoms with Crippen LogP contribution in [0.2, 0.25) is 0 Å². The van der Waals surface area contributed by atoms with Crippen LogP contribution in [-0.4, -0.2) is 49.2 Å². The Balaban J connectivity index is 1.24. The minimum absolute atomic E-state index is 0.0602. The average Bonchev–Trinajstić information content (AvgIpc) is 3.47. The van der Waals surface area contributed by atoms with Crippen molar-refractivity contribution < 1.29 is 14.4 Å². The fraction of sp³-hybridized carbons (Fsp3) is 0.105. The second kappa shape index (κ2) is 9.64. The third kappa shape index (κ3) is 5.34. The van der Waals surface area contributed by atoms with E-state index in [9.17, 15) is 14.4 Å². The summed E-state index contributed by atoms with van der Waals surface area (Å²) >= 11 is 9.09. The Hall–Kier alpha value is -2.67. The van der Waals surface area contributed by atoms with Gasteiger partial charge >= 0.3 is 0 Å². The van der Waals surface area contributed by atoms with Crippen molar-refractivity contribution in [2.24, 2.45) is 0 Å². The topological polar surface area (TPSA) is 107 Å². The van der Waals surface area contributed by atoms with Crippen LogP contribution in [0.4, 0.5) is 0 Å². The number of H-pyrrole nitrogens is 1. The van der Waals surface area contributed by atoms with E-state index in [0.29, 0.717) is 14.4 Å². The Morgan fingerprint density at radius 3 is 2.77 bits per heavy atom. The largest absolute Gasteiger partial charge is 0.333 e. The molecule has 0 atom stereocenters. The van der Waals surface area contributed by atoms with Crippen molar-refractivity contribution in [3.05, 3.63) is 51.6 Å². The summed E-state index contributed by atoms with van der Waals surface area (Å²) in [5.74, 6) is -1.21. The molecule has 3 N–H and O–H groups in total. The van der Waals surface area contributed by atoms with Gasteiger partial charge in [0.2, 0.25) is 5.91 Å². The predicted octanol–water partition coefficient (Wildman–Crippen LogP) is 2.77. The Morgan fingerprint density at radius 2 is 2.00 bits per heavy atom. The number of carbonyl (C=O) groups excluding carboxylic acids is 3. The van der Waals surface area contributed by atoms with Crippen LogP contribution in [0.1, 0.15) is 4.88 Å². The van der Waals surface area contributed by atoms with Crippen molar-refractivity contribution in [2.75, 3.05) is 12.3 Å². The fourth-order valence-corrected chi connectivity index (χ4v) is 5.29. The maximum atomic E-state index is 12.5. The second-order valence-corrected chi connectivity index (χ2v) is 9.85. The lowest BCUT2D eigenvalue weighted by molar-refractivity contribution is -0.131. The van der Waals surface area contributed by atoms with Crippen LogP contribution < -0.4 is 10.9 Å². The number of rotatable bonds is 6. The van der Waals surface area contributed by atoms with Crippen LogP contribution in [-0.2, 0) is 14.4 Å². The Labute approximate surface area is 194 Å². The summed E-state index contributed by atoms with van der Waals surface area (Å²) in [4.78, 5) is 46.8. The smallest absolute Gasteiger partial charge is 0.266 e. The number of amides is 3. The monoisotopic (exact) mass is 489 g/mol. The molecule has 12 heteroatoms. The van der Waals surface area contributed by atoms with Crippen molar-refractivity contribution in [1.82, 2.24) is 25.7 Å². The zero-order valence-corrected chi connectivity index (χ0v) is 19.1. The molecule has 8 nitrogen and oxygen atoms in total. The van der Waals surface area contributed by atoms with Gasteiger partial charge in [-0.25, -0.2) is 4.98 Å². The number of hydrazine groups is 1. The summed E-state index contributed by atoms with van der Waals surface area (Å²) in [5, 5.41) is 2.52. The predicted molar refractivity (Wildman–Crippen MR) is 127 cm³/mol. The van der Waals surface area contributed by atoms with Crippen LogP contribution in [0.3, 0.4) is 0 Å². The van der Waals surface area contributed by atoms with Crippen molar-refractivity contribution >= 4 is 86.2 Å². The number of nitrogens with zero attached hydrogens (tertiary/aromatic N) is 2. The standard InChI is InChI=1S/C19H15N5O3S4/c25-15(9-24-17(27)14(31-19(24)28)8-11-4-3-7-29-11)22-23-16(26)10-30-18-20-12-5-1-2-6-13(12)21-18/h1-8H,9-10H2,(H,20,21)(H,22,25)(H,23,26)/b14-8+. The van der Waals surface area contributed by atoms with E-state index in [2.05, 4.69) is 20.8 Å². The van der Waals surface area contributed by atoms with Gasteiger partial charge in [0.1, 0.15) is 10.9 Å². The fourth-order valence-electron chi connectivity index (χ4n) is 2.63. The quantitative estimate of drug-likeness (QED) is 0.212. The van der Waals surface area contributed by atoms with Crippen LogP contribution in [0.15, 0.2) is 51.8 Å². The van der Waals surface area contributed by atoms with Gasteiger partial charge in [-0.05, 0) is 29.7 Å². The number of imidazole rings is 1. The van der Waals surface area contributed by atoms with Crippen molar-refractivity contribution in [3.8, 4) is 0 Å². The third-order valence-electron chi connectivity index (χ3n) is 4.04. The van der Waals surface area contributed by atoms with Gasteiger partial charge in [0.25, 0.3) is 11.8 Å². The molecular weight excluding hydrogens is 475 g/mol. The Kier molecular flexibility index (Phi) is 6.70. The van der Waals surface area contributed by atoms with Crippen LogP contribution in [0, 0.1) is 0 Å². The number of aromatic amines is 1. The number of aromatic nitrogens is 2. The highest BCUT2D eigenvalue weighted by molar-refractivity contribution is 8.26. The number of para-hydroxylation sites is 2. The van der Waals surface area contributed by atoms with Crippen LogP contribution >= 0.6 is 47.1 Å². The molecule has 3 amide bonds. The SMILES string of the molecule is O=C(CSc1nc2ccccc2[nH]1)NNC(=O)CN1C(=O)/C(=C\c2cccs2)SC1=S. The van der Waals surface area contributed by atoms with E-state index in [1.54, 1.807) is 6.08 Å². The number of benzene rings is 1. The molecule has 4 rings (SSSR count). The summed E-state index contributed by atoms with van der Waals surface area (Å²) in [5.41, 5.74) is 6.35. The van der Waals surface area contributed by atoms with Gasteiger partial charge in [0.05, 0.1) is 21.7 Å². The molecule has 0 spiro atoms. The van der Waals surface area contributed by atoms with Crippen LogP contribution in [0.5, 0.6) is 0 Å². The molecule has 1 saturated heterocycles. The maximum Gasteiger partial charge on any atom is 0.266 e. The molecule has 0 bridgehead atoms. The highest BCUT2D eigenvalue weighted by Gasteiger charge is 2.33. The highest BCUT2D eigenvalue weighted by atomic mass is 32.2. The second-order valence-electron chi connectivity index (χ2n) is 6.23. The minimum atomic E-state index is -0.546. The van der Waals surface area contributed by atoms with Gasteiger partial charge in [0, 0.05) is 4.88 Å². The lowest BCUT2D eigenvalue weighted by atomic mass is 10.3. The number of thiocarbonyl (C=S) groups is 1. The molecule has 0 aliphatic carbocycles. The molecule has 1 aromatic carbocycles. The Bertz CT molecular complexity index is 1160. The average molecular weight is 490 g/mol. The summed E-state index contributed by atoms with van der Waals surface area (Å²) < 4.78 is 0.301. The number of thiophene rings is 1. The van der Waals surface area contributed by atoms with Gasteiger partial charge in [-0.2, -0.15) is 0 Å². The van der Waals surface area contributed by atoms with Crippen LogP contribution in [0.25, 0.3) is 17.1 Å². The number of carbonyl (C=O) groups is 3. The van der Waals surface area contributed by atoms with E-state index in [1.807, 2.05) is 41.8 Å². The molecule has 0 unspecified atom stereocenters. The first-order valence-electron chi connectivity index (χ1n) is 8.94. The molecule has 158 valence electrons. The van der Waals surface area contributed by atoms with E-state index < -0.39 is 11.8 Å². The summed E-state index contributed by atoms with van der Waals surface area (Å²) in [7, 11) is 0. The number of thioether (sulfide) groups is 2. The summed E-state index contributed by atoms with van der Waals surface area (Å²) in [6, 6.07) is 11.3. The molecule has 1 aliphatic heterocycles. The third-order valence-corrected chi connectivity index (χ3v) is 7.11. The molecule has 3 aromatic rings. The molecule has 0 saturated carbocycles. The van der Waals surface area contributed by atoms with E-state index in [0.717, 1.165) is 27.7 Å². The summed E-state index contributed by atoms with van der Waals surface area (Å²) in [6.45, 7) is -0.274. The van der Waals surface area contributed by atoms with Gasteiger partial charge < -0.3 is 4.98 Å². The zero-order valence-electron chi connectivity index (χ0n) is 15.8. The normalized spacial score (nSPS) is 15.1. The maximum absolute atomic E-state index is 12.5. The van der Waals surface area contributed by atoms with Crippen molar-refractivity contribution in [2.45, 2.75) is 5.16 Å². The molecule has 2 aromatic heterocycles. The van der Waals surface area contributed by atoms with E-state index in [4.69, 9.17) is 12.2 Å². The lowest BCUT2D eigenvalue weighted by Crippen LogP contribution is -2.47. The molecule has 3 heterocycles. The lowest BCUT2D eigenvalue weighted by Gasteiger charge is -2.14. The van der Waals surface area contributed by atoms with Gasteiger partial charge in [-0.3, -0.25) is 30.1 Å². The first kappa shape index (κ1) is 21.6. The first-order valence-corrected chi connectivity index (χ1v) is 12.0. The van der Waals surface area contributed by atoms with Gasteiger partial charge in [-0.15, -0.1) is 11.3 Å². The van der Waals surface area contributed by atoms with E-state index >= 15 is 0 Å². The minimum Gasteiger partial charge on any atom is -0.333 e. The molecular formula is C19H15N5O3S4. The number of hydrogen-bond acceptors (Lipinski definition) is 8. The molecule has 0 radical (unpaired) electrons. The van der Waals surface area contributed by atoms with Gasteiger partial charge in [0.15, 0.2) is 5.16 Å². The summed E-state index contributed by atoms with van der Waals surface area (Å²) in [6.07, 6.45) is 1.75. The number of fused-ring (bicyclic) bond motifs is 1. The molecule has 1 fully saturated rings. The van der Waals surface area contributed by atoms with Gasteiger partial charge in [-0.1, -0.05) is 53.9 Å². The number of hydrogen-bond donors (Lipinski definition) is 3. The first-order chi connectivity index (χ1) is 15.0. The van der Waals surface area contributed by atoms with E-state index in [-0.39, 0.29) is 18.2 Å². The van der Waals surface area contributed by atoms with Crippen molar-refractivity contribution in [3.63, 3.8) is 0 Å². The molecule has 1 aliphatic rings. The van der Waals surface area contributed by atoms with Crippen molar-refractivity contribution in [1.29, 1.82) is 0 Å². The zero-order chi connectivity index (χ0) is 21.8. The van der Waals surface area contributed by atoms with E-state index in [1.165, 1.54) is 28.0 Å². The highest BCUT2D eigenvalue weighted by Crippen LogP contribution is 2.33. The number of nitrogens with one attached hydrogen (secondary N) is 3. The molecule has 31 heavy (non-hydrogen) atoms.